The molecular weight excluding hydrogens is 250 g/mol. The summed E-state index contributed by atoms with van der Waals surface area (Å²) in [7, 11) is 0. The molecular formula is C13H14ClN3O. The first kappa shape index (κ1) is 12.8. The van der Waals surface area contributed by atoms with Crippen LogP contribution in [0.1, 0.15) is 12.7 Å². The van der Waals surface area contributed by atoms with Crippen molar-refractivity contribution in [3.8, 4) is 17.0 Å². The zero-order chi connectivity index (χ0) is 13.0. The lowest BCUT2D eigenvalue weighted by molar-refractivity contribution is 0.340. The van der Waals surface area contributed by atoms with Crippen LogP contribution in [0.5, 0.6) is 5.75 Å². The van der Waals surface area contributed by atoms with E-state index in [1.165, 1.54) is 0 Å². The number of nitrogens with zero attached hydrogens (tertiary/aromatic N) is 2. The minimum absolute atomic E-state index is 0.318. The first-order valence-corrected chi connectivity index (χ1v) is 6.07. The van der Waals surface area contributed by atoms with Gasteiger partial charge >= 0.3 is 0 Å². The predicted octanol–water partition coefficient (Wildman–Crippen LogP) is 2.65. The van der Waals surface area contributed by atoms with Gasteiger partial charge in [0.05, 0.1) is 23.9 Å². The first-order chi connectivity index (χ1) is 8.74. The largest absolute Gasteiger partial charge is 0.492 e. The highest BCUT2D eigenvalue weighted by molar-refractivity contribution is 6.32. The minimum atomic E-state index is 0.318. The molecule has 0 saturated carbocycles. The van der Waals surface area contributed by atoms with E-state index >= 15 is 0 Å². The zero-order valence-electron chi connectivity index (χ0n) is 10.1. The molecule has 5 heteroatoms. The fourth-order valence-electron chi connectivity index (χ4n) is 1.59. The van der Waals surface area contributed by atoms with E-state index in [9.17, 15) is 0 Å². The Kier molecular flexibility index (Phi) is 4.12. The highest BCUT2D eigenvalue weighted by Gasteiger charge is 2.06. The molecule has 0 amide bonds. The summed E-state index contributed by atoms with van der Waals surface area (Å²) in [6.07, 6.45) is 1.69. The lowest BCUT2D eigenvalue weighted by Gasteiger charge is -2.08. The standard InChI is InChI=1S/C13H14ClN3O/c1-2-18-12-4-3-9(7-10(12)14)11-5-6-16-13(8-15)17-11/h3-7H,2,8,15H2,1H3. The van der Waals surface area contributed by atoms with Crippen LogP contribution < -0.4 is 10.5 Å². The Morgan fingerprint density at radius 1 is 1.33 bits per heavy atom. The minimum Gasteiger partial charge on any atom is -0.492 e. The summed E-state index contributed by atoms with van der Waals surface area (Å²) < 4.78 is 5.39. The average molecular weight is 264 g/mol. The molecule has 2 rings (SSSR count). The maximum absolute atomic E-state index is 6.14. The molecule has 0 fully saturated rings. The maximum atomic E-state index is 6.14. The molecule has 0 saturated heterocycles. The van der Waals surface area contributed by atoms with Crippen molar-refractivity contribution in [1.29, 1.82) is 0 Å². The van der Waals surface area contributed by atoms with E-state index in [1.807, 2.05) is 31.2 Å². The molecule has 18 heavy (non-hydrogen) atoms. The van der Waals surface area contributed by atoms with Gasteiger partial charge in [0.15, 0.2) is 0 Å². The molecule has 4 nitrogen and oxygen atoms in total. The predicted molar refractivity (Wildman–Crippen MR) is 71.5 cm³/mol. The fraction of sp³-hybridized carbons (Fsp3) is 0.231. The number of hydrogen-bond acceptors (Lipinski definition) is 4. The fourth-order valence-corrected chi connectivity index (χ4v) is 1.83. The molecule has 1 aromatic carbocycles. The van der Waals surface area contributed by atoms with Gasteiger partial charge in [-0.1, -0.05) is 11.6 Å². The van der Waals surface area contributed by atoms with Crippen LogP contribution >= 0.6 is 11.6 Å². The highest BCUT2D eigenvalue weighted by Crippen LogP contribution is 2.29. The van der Waals surface area contributed by atoms with Crippen molar-refractivity contribution >= 4 is 11.6 Å². The Morgan fingerprint density at radius 2 is 2.17 bits per heavy atom. The van der Waals surface area contributed by atoms with Gasteiger partial charge in [0, 0.05) is 11.8 Å². The first-order valence-electron chi connectivity index (χ1n) is 5.69. The van der Waals surface area contributed by atoms with Crippen molar-refractivity contribution in [2.45, 2.75) is 13.5 Å². The van der Waals surface area contributed by atoms with Crippen LogP contribution in [0, 0.1) is 0 Å². The topological polar surface area (TPSA) is 61.0 Å². The Bertz CT molecular complexity index is 546. The number of halogens is 1. The second-order valence-corrected chi connectivity index (χ2v) is 4.05. The van der Waals surface area contributed by atoms with Crippen molar-refractivity contribution < 1.29 is 4.74 Å². The smallest absolute Gasteiger partial charge is 0.142 e. The number of rotatable bonds is 4. The summed E-state index contributed by atoms with van der Waals surface area (Å²) in [6.45, 7) is 2.82. The SMILES string of the molecule is CCOc1ccc(-c2ccnc(CN)n2)cc1Cl. The highest BCUT2D eigenvalue weighted by atomic mass is 35.5. The van der Waals surface area contributed by atoms with Crippen molar-refractivity contribution in [2.75, 3.05) is 6.61 Å². The number of benzene rings is 1. The van der Waals surface area contributed by atoms with E-state index in [0.717, 1.165) is 11.3 Å². The van der Waals surface area contributed by atoms with Gasteiger partial charge in [-0.3, -0.25) is 0 Å². The van der Waals surface area contributed by atoms with Gasteiger partial charge in [-0.2, -0.15) is 0 Å². The normalized spacial score (nSPS) is 10.4. The second-order valence-electron chi connectivity index (χ2n) is 3.64. The van der Waals surface area contributed by atoms with Crippen LogP contribution in [0.25, 0.3) is 11.3 Å². The summed E-state index contributed by atoms with van der Waals surface area (Å²) in [5, 5.41) is 0.572. The molecule has 1 aromatic heterocycles. The van der Waals surface area contributed by atoms with Crippen LogP contribution in [0.15, 0.2) is 30.5 Å². The van der Waals surface area contributed by atoms with Gasteiger partial charge in [0.25, 0.3) is 0 Å². The van der Waals surface area contributed by atoms with E-state index in [0.29, 0.717) is 29.7 Å². The molecule has 2 aromatic rings. The quantitative estimate of drug-likeness (QED) is 0.921. The Labute approximate surface area is 111 Å². The molecule has 0 bridgehead atoms. The van der Waals surface area contributed by atoms with Crippen LogP contribution in [-0.4, -0.2) is 16.6 Å². The Hall–Kier alpha value is -1.65. The molecule has 94 valence electrons. The van der Waals surface area contributed by atoms with Gasteiger partial charge in [0.1, 0.15) is 11.6 Å². The van der Waals surface area contributed by atoms with Crippen molar-refractivity contribution in [1.82, 2.24) is 9.97 Å². The lowest BCUT2D eigenvalue weighted by atomic mass is 10.1. The molecule has 0 aliphatic heterocycles. The third-order valence-electron chi connectivity index (χ3n) is 2.42. The third kappa shape index (κ3) is 2.78. The van der Waals surface area contributed by atoms with Crippen molar-refractivity contribution in [3.63, 3.8) is 0 Å². The van der Waals surface area contributed by atoms with E-state index < -0.39 is 0 Å². The van der Waals surface area contributed by atoms with Crippen LogP contribution in [-0.2, 0) is 6.54 Å². The summed E-state index contributed by atoms with van der Waals surface area (Å²) in [5.74, 6) is 1.29. The summed E-state index contributed by atoms with van der Waals surface area (Å²) in [6, 6.07) is 7.41. The van der Waals surface area contributed by atoms with E-state index in [4.69, 9.17) is 22.1 Å². The molecule has 0 radical (unpaired) electrons. The lowest BCUT2D eigenvalue weighted by Crippen LogP contribution is -2.03. The van der Waals surface area contributed by atoms with Crippen LogP contribution in [0.3, 0.4) is 0 Å². The van der Waals surface area contributed by atoms with Gasteiger partial charge in [0.2, 0.25) is 0 Å². The molecule has 2 N–H and O–H groups in total. The number of nitrogens with two attached hydrogens (primary N) is 1. The summed E-state index contributed by atoms with van der Waals surface area (Å²) in [5.41, 5.74) is 7.24. The number of hydrogen-bond donors (Lipinski definition) is 1. The van der Waals surface area contributed by atoms with Crippen molar-refractivity contribution in [2.24, 2.45) is 5.73 Å². The molecule has 0 spiro atoms. The van der Waals surface area contributed by atoms with E-state index in [2.05, 4.69) is 9.97 Å². The molecule has 0 aliphatic rings. The molecule has 0 unspecified atom stereocenters. The maximum Gasteiger partial charge on any atom is 0.142 e. The Morgan fingerprint density at radius 3 is 2.83 bits per heavy atom. The zero-order valence-corrected chi connectivity index (χ0v) is 10.8. The third-order valence-corrected chi connectivity index (χ3v) is 2.71. The van der Waals surface area contributed by atoms with E-state index in [-0.39, 0.29) is 0 Å². The molecule has 0 aliphatic carbocycles. The number of ether oxygens (including phenoxy) is 1. The summed E-state index contributed by atoms with van der Waals surface area (Å²) in [4.78, 5) is 8.40. The average Bonchev–Trinajstić information content (AvgIpc) is 2.41. The second kappa shape index (κ2) is 5.80. The van der Waals surface area contributed by atoms with Gasteiger partial charge in [-0.05, 0) is 31.2 Å². The van der Waals surface area contributed by atoms with Crippen molar-refractivity contribution in [3.05, 3.63) is 41.3 Å². The van der Waals surface area contributed by atoms with Crippen LogP contribution in [0.2, 0.25) is 5.02 Å². The van der Waals surface area contributed by atoms with Gasteiger partial charge in [-0.25, -0.2) is 9.97 Å². The number of aromatic nitrogens is 2. The van der Waals surface area contributed by atoms with Gasteiger partial charge < -0.3 is 10.5 Å². The molecule has 1 heterocycles. The van der Waals surface area contributed by atoms with Crippen LogP contribution in [0.4, 0.5) is 0 Å². The monoisotopic (exact) mass is 263 g/mol. The summed E-state index contributed by atoms with van der Waals surface area (Å²) >= 11 is 6.14. The molecule has 0 atom stereocenters. The Balaban J connectivity index is 2.35. The van der Waals surface area contributed by atoms with E-state index in [1.54, 1.807) is 6.20 Å². The van der Waals surface area contributed by atoms with Gasteiger partial charge in [-0.15, -0.1) is 0 Å².